The molecule has 0 unspecified atom stereocenters. The number of anilines is 1. The van der Waals surface area contributed by atoms with Crippen molar-refractivity contribution in [3.8, 4) is 11.5 Å². The Bertz CT molecular complexity index is 869. The highest BCUT2D eigenvalue weighted by atomic mass is 32.2. The number of nitrogens with one attached hydrogen (secondary N) is 1. The molecule has 152 valence electrons. The molecule has 0 fully saturated rings. The molecule has 0 heterocycles. The molecule has 2 aromatic carbocycles. The summed E-state index contributed by atoms with van der Waals surface area (Å²) < 4.78 is 35.6. The zero-order valence-corrected chi connectivity index (χ0v) is 17.3. The quantitative estimate of drug-likeness (QED) is 0.691. The molecule has 0 aromatic heterocycles. The third kappa shape index (κ3) is 6.45. The van der Waals surface area contributed by atoms with Gasteiger partial charge in [-0.25, -0.2) is 8.42 Å². The standard InChI is InChI=1S/C20H26N2O5S/c1-15(14-26-18-8-6-5-7-9-18)21-20(23)16(2)27-19-12-10-17(11-13-19)22(3)28(4,24)25/h5-13,15-16H,14H2,1-4H3,(H,21,23)/t15-,16-/m1/s1. The molecule has 1 amide bonds. The molecule has 2 rings (SSSR count). The van der Waals surface area contributed by atoms with Gasteiger partial charge in [-0.15, -0.1) is 0 Å². The summed E-state index contributed by atoms with van der Waals surface area (Å²) in [4.78, 5) is 12.3. The number of carbonyl (C=O) groups is 1. The van der Waals surface area contributed by atoms with Crippen molar-refractivity contribution in [1.82, 2.24) is 5.32 Å². The first kappa shape index (κ1) is 21.6. The van der Waals surface area contributed by atoms with Crippen LogP contribution in [0.15, 0.2) is 54.6 Å². The van der Waals surface area contributed by atoms with Gasteiger partial charge in [-0.05, 0) is 50.2 Å². The van der Waals surface area contributed by atoms with Crippen molar-refractivity contribution < 1.29 is 22.7 Å². The van der Waals surface area contributed by atoms with E-state index in [-0.39, 0.29) is 11.9 Å². The first-order valence-electron chi connectivity index (χ1n) is 8.85. The summed E-state index contributed by atoms with van der Waals surface area (Å²) in [6.07, 6.45) is 0.421. The van der Waals surface area contributed by atoms with Crippen LogP contribution in [0.1, 0.15) is 13.8 Å². The minimum Gasteiger partial charge on any atom is -0.491 e. The van der Waals surface area contributed by atoms with E-state index in [1.807, 2.05) is 37.3 Å². The summed E-state index contributed by atoms with van der Waals surface area (Å²) in [6, 6.07) is 15.7. The van der Waals surface area contributed by atoms with Gasteiger partial charge in [0.15, 0.2) is 6.10 Å². The highest BCUT2D eigenvalue weighted by Gasteiger charge is 2.18. The van der Waals surface area contributed by atoms with Gasteiger partial charge in [0.2, 0.25) is 10.0 Å². The lowest BCUT2D eigenvalue weighted by Crippen LogP contribution is -2.43. The first-order chi connectivity index (χ1) is 13.2. The van der Waals surface area contributed by atoms with Gasteiger partial charge in [0, 0.05) is 7.05 Å². The molecule has 0 aliphatic rings. The maximum absolute atomic E-state index is 12.3. The van der Waals surface area contributed by atoms with Gasteiger partial charge >= 0.3 is 0 Å². The SMILES string of the molecule is C[C@H](COc1ccccc1)NC(=O)[C@@H](C)Oc1ccc(N(C)S(C)(=O)=O)cc1. The van der Waals surface area contributed by atoms with Crippen LogP contribution in [0.4, 0.5) is 5.69 Å². The monoisotopic (exact) mass is 406 g/mol. The number of sulfonamides is 1. The van der Waals surface area contributed by atoms with E-state index < -0.39 is 16.1 Å². The lowest BCUT2D eigenvalue weighted by Gasteiger charge is -2.20. The molecule has 0 aliphatic heterocycles. The number of ether oxygens (including phenoxy) is 2. The first-order valence-corrected chi connectivity index (χ1v) is 10.7. The number of amides is 1. The van der Waals surface area contributed by atoms with Crippen molar-refractivity contribution in [1.29, 1.82) is 0 Å². The van der Waals surface area contributed by atoms with E-state index in [9.17, 15) is 13.2 Å². The second-order valence-electron chi connectivity index (χ2n) is 6.52. The normalized spacial score (nSPS) is 13.3. The van der Waals surface area contributed by atoms with Crippen LogP contribution >= 0.6 is 0 Å². The van der Waals surface area contributed by atoms with E-state index >= 15 is 0 Å². The molecule has 0 aliphatic carbocycles. The van der Waals surface area contributed by atoms with Gasteiger partial charge in [0.1, 0.15) is 18.1 Å². The molecule has 28 heavy (non-hydrogen) atoms. The average molecular weight is 407 g/mol. The predicted molar refractivity (Wildman–Crippen MR) is 109 cm³/mol. The minimum absolute atomic E-state index is 0.190. The van der Waals surface area contributed by atoms with Crippen LogP contribution in [0, 0.1) is 0 Å². The number of rotatable bonds is 9. The van der Waals surface area contributed by atoms with E-state index in [2.05, 4.69) is 5.32 Å². The number of nitrogens with zero attached hydrogens (tertiary/aromatic N) is 1. The molecular weight excluding hydrogens is 380 g/mol. The summed E-state index contributed by atoms with van der Waals surface area (Å²) in [5.74, 6) is 0.954. The molecular formula is C20H26N2O5S. The average Bonchev–Trinajstić information content (AvgIpc) is 2.66. The van der Waals surface area contributed by atoms with E-state index in [1.165, 1.54) is 11.4 Å². The lowest BCUT2D eigenvalue weighted by molar-refractivity contribution is -0.128. The number of carbonyl (C=O) groups excluding carboxylic acids is 1. The van der Waals surface area contributed by atoms with Crippen LogP contribution in [0.2, 0.25) is 0 Å². The highest BCUT2D eigenvalue weighted by Crippen LogP contribution is 2.21. The molecule has 0 saturated heterocycles. The van der Waals surface area contributed by atoms with Crippen molar-refractivity contribution in [2.75, 3.05) is 24.2 Å². The molecule has 0 spiro atoms. The number of benzene rings is 2. The third-order valence-electron chi connectivity index (χ3n) is 4.01. The van der Waals surface area contributed by atoms with E-state index in [0.717, 1.165) is 12.0 Å². The van der Waals surface area contributed by atoms with Gasteiger partial charge < -0.3 is 14.8 Å². The second kappa shape index (κ2) is 9.45. The Kier molecular flexibility index (Phi) is 7.28. The third-order valence-corrected chi connectivity index (χ3v) is 5.22. The molecule has 8 heteroatoms. The van der Waals surface area contributed by atoms with Crippen LogP contribution < -0.4 is 19.1 Å². The van der Waals surface area contributed by atoms with E-state index in [1.54, 1.807) is 31.2 Å². The van der Waals surface area contributed by atoms with Crippen molar-refractivity contribution in [2.24, 2.45) is 0 Å². The van der Waals surface area contributed by atoms with Crippen molar-refractivity contribution >= 4 is 21.6 Å². The largest absolute Gasteiger partial charge is 0.491 e. The number of hydrogen-bond acceptors (Lipinski definition) is 5. The molecule has 0 saturated carbocycles. The molecule has 7 nitrogen and oxygen atoms in total. The Hall–Kier alpha value is -2.74. The second-order valence-corrected chi connectivity index (χ2v) is 8.53. The fourth-order valence-corrected chi connectivity index (χ4v) is 2.83. The predicted octanol–water partition coefficient (Wildman–Crippen LogP) is 2.43. The van der Waals surface area contributed by atoms with E-state index in [4.69, 9.17) is 9.47 Å². The Morgan fingerprint density at radius 1 is 1.04 bits per heavy atom. The van der Waals surface area contributed by atoms with Crippen LogP contribution in [0.25, 0.3) is 0 Å². The topological polar surface area (TPSA) is 84.9 Å². The highest BCUT2D eigenvalue weighted by molar-refractivity contribution is 7.92. The van der Waals surface area contributed by atoms with Gasteiger partial charge in [0.05, 0.1) is 18.0 Å². The zero-order valence-electron chi connectivity index (χ0n) is 16.5. The van der Waals surface area contributed by atoms with E-state index in [0.29, 0.717) is 18.0 Å². The number of hydrogen-bond donors (Lipinski definition) is 1. The molecule has 0 bridgehead atoms. The Labute approximate surface area is 166 Å². The summed E-state index contributed by atoms with van der Waals surface area (Å²) in [7, 11) is -1.86. The Balaban J connectivity index is 1.84. The van der Waals surface area contributed by atoms with Gasteiger partial charge in [-0.3, -0.25) is 9.10 Å². The Morgan fingerprint density at radius 2 is 1.64 bits per heavy atom. The van der Waals surface area contributed by atoms with Crippen LogP contribution in [0.3, 0.4) is 0 Å². The van der Waals surface area contributed by atoms with Gasteiger partial charge in [0.25, 0.3) is 5.91 Å². The van der Waals surface area contributed by atoms with Gasteiger partial charge in [-0.1, -0.05) is 18.2 Å². The molecule has 1 N–H and O–H groups in total. The van der Waals surface area contributed by atoms with Crippen LogP contribution in [-0.4, -0.2) is 46.4 Å². The lowest BCUT2D eigenvalue weighted by atomic mass is 10.3. The van der Waals surface area contributed by atoms with Gasteiger partial charge in [-0.2, -0.15) is 0 Å². The summed E-state index contributed by atoms with van der Waals surface area (Å²) >= 11 is 0. The number of para-hydroxylation sites is 1. The molecule has 2 aromatic rings. The summed E-state index contributed by atoms with van der Waals surface area (Å²) in [6.45, 7) is 3.84. The van der Waals surface area contributed by atoms with Crippen molar-refractivity contribution in [3.63, 3.8) is 0 Å². The van der Waals surface area contributed by atoms with Crippen molar-refractivity contribution in [3.05, 3.63) is 54.6 Å². The Morgan fingerprint density at radius 3 is 2.21 bits per heavy atom. The molecule has 0 radical (unpaired) electrons. The molecule has 2 atom stereocenters. The van der Waals surface area contributed by atoms with Crippen LogP contribution in [-0.2, 0) is 14.8 Å². The minimum atomic E-state index is -3.33. The maximum atomic E-state index is 12.3. The fraction of sp³-hybridized carbons (Fsp3) is 0.350. The van der Waals surface area contributed by atoms with Crippen molar-refractivity contribution in [2.45, 2.75) is 26.0 Å². The van der Waals surface area contributed by atoms with Crippen LogP contribution in [0.5, 0.6) is 11.5 Å². The summed E-state index contributed by atoms with van der Waals surface area (Å²) in [5.41, 5.74) is 0.513. The zero-order chi connectivity index (χ0) is 20.7. The maximum Gasteiger partial charge on any atom is 0.261 e. The summed E-state index contributed by atoms with van der Waals surface area (Å²) in [5, 5.41) is 2.84. The fourth-order valence-electron chi connectivity index (χ4n) is 2.32. The smallest absolute Gasteiger partial charge is 0.261 e.